The second-order valence-electron chi connectivity index (χ2n) is 8.76. The fraction of sp³-hybridized carbons (Fsp3) is 0.500. The van der Waals surface area contributed by atoms with Gasteiger partial charge in [-0.1, -0.05) is 11.8 Å². The number of hydrogen-bond acceptors (Lipinski definition) is 7. The Bertz CT molecular complexity index is 1080. The minimum Gasteiger partial charge on any atom is -0.367 e. The minimum atomic E-state index is -4.30. The fourth-order valence-electron chi connectivity index (χ4n) is 4.82. The van der Waals surface area contributed by atoms with Crippen molar-refractivity contribution >= 4 is 36.1 Å². The molecule has 0 radical (unpaired) electrons. The molecule has 3 heterocycles. The lowest BCUT2D eigenvalue weighted by atomic mass is 10.0. The Hall–Kier alpha value is -2.66. The van der Waals surface area contributed by atoms with Crippen LogP contribution in [0.2, 0.25) is 0 Å². The van der Waals surface area contributed by atoms with Crippen molar-refractivity contribution in [1.29, 1.82) is 0 Å². The summed E-state index contributed by atoms with van der Waals surface area (Å²) in [5, 5.41) is 9.33. The van der Waals surface area contributed by atoms with Crippen LogP contribution in [-0.2, 0) is 13.2 Å². The molecule has 0 N–H and O–H groups in total. The molecule has 11 heteroatoms. The van der Waals surface area contributed by atoms with Crippen LogP contribution in [-0.4, -0.2) is 70.6 Å². The fourth-order valence-corrected chi connectivity index (χ4v) is 5.66. The summed E-state index contributed by atoms with van der Waals surface area (Å²) in [4.78, 5) is 12.8. The average molecular weight is 506 g/mol. The standard InChI is InChI=1S/C24H30F3N7S/c1-4-29-14-20(28-2)22-30-31-23(32(22)3)35-13-5-11-33-15-17-10-12-34(21(17)16-33)19-8-6-18(7-9-19)24(25,26)27/h4,6-9,14,17,21H,2,5,10-13,15-16H2,1,3H3/b20-14-,29-4-/t17-,21+/m1/s1. The molecule has 2 atom stereocenters. The Morgan fingerprint density at radius 3 is 2.69 bits per heavy atom. The Labute approximate surface area is 207 Å². The number of likely N-dealkylation sites (tertiary alicyclic amines) is 1. The zero-order valence-corrected chi connectivity index (χ0v) is 20.8. The van der Waals surface area contributed by atoms with Gasteiger partial charge in [-0.2, -0.15) is 13.2 Å². The normalized spacial score (nSPS) is 21.3. The van der Waals surface area contributed by atoms with E-state index in [-0.39, 0.29) is 0 Å². The molecule has 2 aliphatic heterocycles. The summed E-state index contributed by atoms with van der Waals surface area (Å²) >= 11 is 1.66. The number of nitrogens with zero attached hydrogens (tertiary/aromatic N) is 7. The van der Waals surface area contributed by atoms with Crippen molar-refractivity contribution in [1.82, 2.24) is 19.7 Å². The van der Waals surface area contributed by atoms with Crippen LogP contribution in [0.4, 0.5) is 18.9 Å². The Morgan fingerprint density at radius 1 is 1.23 bits per heavy atom. The van der Waals surface area contributed by atoms with E-state index >= 15 is 0 Å². The second kappa shape index (κ2) is 10.9. The van der Waals surface area contributed by atoms with Crippen LogP contribution in [0.3, 0.4) is 0 Å². The maximum Gasteiger partial charge on any atom is 0.416 e. The first-order valence-corrected chi connectivity index (χ1v) is 12.6. The first kappa shape index (κ1) is 25.4. The van der Waals surface area contributed by atoms with E-state index in [0.717, 1.165) is 55.6 Å². The molecule has 0 unspecified atom stereocenters. The highest BCUT2D eigenvalue weighted by molar-refractivity contribution is 7.99. The summed E-state index contributed by atoms with van der Waals surface area (Å²) in [5.74, 6) is 2.10. The first-order valence-electron chi connectivity index (χ1n) is 11.6. The highest BCUT2D eigenvalue weighted by atomic mass is 32.2. The third kappa shape index (κ3) is 5.78. The predicted molar refractivity (Wildman–Crippen MR) is 135 cm³/mol. The third-order valence-corrected chi connectivity index (χ3v) is 7.69. The minimum absolute atomic E-state index is 0.364. The summed E-state index contributed by atoms with van der Waals surface area (Å²) in [6.45, 7) is 9.29. The third-order valence-electron chi connectivity index (χ3n) is 6.58. The van der Waals surface area contributed by atoms with E-state index in [0.29, 0.717) is 23.5 Å². The molecule has 2 aromatic rings. The number of alkyl halides is 3. The number of fused-ring (bicyclic) bond motifs is 1. The van der Waals surface area contributed by atoms with Gasteiger partial charge in [0.25, 0.3) is 0 Å². The summed E-state index contributed by atoms with van der Waals surface area (Å²) in [6.07, 6.45) is 1.07. The summed E-state index contributed by atoms with van der Waals surface area (Å²) < 4.78 is 40.6. The molecule has 188 valence electrons. The number of anilines is 1. The topological polar surface area (TPSA) is 61.9 Å². The average Bonchev–Trinajstić information content (AvgIpc) is 3.52. The molecule has 0 spiro atoms. The molecular weight excluding hydrogens is 475 g/mol. The van der Waals surface area contributed by atoms with E-state index < -0.39 is 11.7 Å². The van der Waals surface area contributed by atoms with Gasteiger partial charge in [-0.25, -0.2) is 0 Å². The van der Waals surface area contributed by atoms with E-state index in [1.165, 1.54) is 12.1 Å². The van der Waals surface area contributed by atoms with Crippen LogP contribution in [0.5, 0.6) is 0 Å². The van der Waals surface area contributed by atoms with Crippen molar-refractivity contribution in [2.24, 2.45) is 23.0 Å². The number of aromatic nitrogens is 3. The monoisotopic (exact) mass is 505 g/mol. The van der Waals surface area contributed by atoms with Gasteiger partial charge in [0.05, 0.1) is 11.8 Å². The van der Waals surface area contributed by atoms with Crippen LogP contribution in [0, 0.1) is 5.92 Å². The van der Waals surface area contributed by atoms with Crippen molar-refractivity contribution < 1.29 is 13.2 Å². The molecule has 4 rings (SSSR count). The number of halogens is 3. The van der Waals surface area contributed by atoms with E-state index in [1.54, 1.807) is 36.3 Å². The number of thioether (sulfide) groups is 1. The maximum atomic E-state index is 12.9. The number of hydrogen-bond donors (Lipinski definition) is 0. The molecule has 7 nitrogen and oxygen atoms in total. The molecule has 2 fully saturated rings. The van der Waals surface area contributed by atoms with Gasteiger partial charge in [0, 0.05) is 50.4 Å². The van der Waals surface area contributed by atoms with Crippen molar-refractivity contribution in [3.63, 3.8) is 0 Å². The second-order valence-corrected chi connectivity index (χ2v) is 9.82. The van der Waals surface area contributed by atoms with E-state index in [4.69, 9.17) is 0 Å². The van der Waals surface area contributed by atoms with Crippen LogP contribution in [0.25, 0.3) is 5.70 Å². The number of benzene rings is 1. The van der Waals surface area contributed by atoms with E-state index in [2.05, 4.69) is 36.7 Å². The highest BCUT2D eigenvalue weighted by Crippen LogP contribution is 2.37. The molecule has 2 aliphatic rings. The zero-order chi connectivity index (χ0) is 25.0. The summed E-state index contributed by atoms with van der Waals surface area (Å²) in [5.41, 5.74) is 0.860. The van der Waals surface area contributed by atoms with Crippen molar-refractivity contribution in [2.45, 2.75) is 37.1 Å². The molecule has 2 saturated heterocycles. The zero-order valence-electron chi connectivity index (χ0n) is 19.9. The molecule has 35 heavy (non-hydrogen) atoms. The van der Waals surface area contributed by atoms with Gasteiger partial charge in [0.2, 0.25) is 0 Å². The van der Waals surface area contributed by atoms with Crippen molar-refractivity contribution in [3.05, 3.63) is 41.9 Å². The Morgan fingerprint density at radius 2 is 2.00 bits per heavy atom. The van der Waals surface area contributed by atoms with Gasteiger partial charge in [-0.05, 0) is 63.2 Å². The van der Waals surface area contributed by atoms with Gasteiger partial charge >= 0.3 is 6.18 Å². The molecule has 0 amide bonds. The summed E-state index contributed by atoms with van der Waals surface area (Å²) in [6, 6.07) is 5.95. The van der Waals surface area contributed by atoms with E-state index in [9.17, 15) is 13.2 Å². The molecule has 1 aromatic carbocycles. The van der Waals surface area contributed by atoms with Crippen LogP contribution >= 0.6 is 11.8 Å². The summed E-state index contributed by atoms with van der Waals surface area (Å²) in [7, 11) is 1.91. The van der Waals surface area contributed by atoms with Gasteiger partial charge in [-0.3, -0.25) is 9.98 Å². The van der Waals surface area contributed by atoms with Gasteiger partial charge in [0.1, 0.15) is 5.70 Å². The number of rotatable bonds is 9. The first-order chi connectivity index (χ1) is 16.8. The lowest BCUT2D eigenvalue weighted by Gasteiger charge is -2.27. The van der Waals surface area contributed by atoms with Crippen molar-refractivity contribution in [2.75, 3.05) is 36.8 Å². The van der Waals surface area contributed by atoms with Crippen LogP contribution in [0.1, 0.15) is 31.2 Å². The quantitative estimate of drug-likeness (QED) is 0.283. The molecule has 0 aliphatic carbocycles. The van der Waals surface area contributed by atoms with E-state index in [1.807, 2.05) is 18.5 Å². The van der Waals surface area contributed by atoms with Crippen molar-refractivity contribution in [3.8, 4) is 0 Å². The largest absolute Gasteiger partial charge is 0.416 e. The molecule has 0 bridgehead atoms. The number of aliphatic imine (C=N–C) groups is 2. The predicted octanol–water partition coefficient (Wildman–Crippen LogP) is 4.62. The molecular formula is C24H30F3N7S. The lowest BCUT2D eigenvalue weighted by molar-refractivity contribution is -0.137. The van der Waals surface area contributed by atoms with Crippen LogP contribution < -0.4 is 4.90 Å². The maximum absolute atomic E-state index is 12.9. The van der Waals surface area contributed by atoms with Gasteiger partial charge in [0.15, 0.2) is 11.0 Å². The van der Waals surface area contributed by atoms with Crippen LogP contribution in [0.15, 0.2) is 45.6 Å². The SMILES string of the molecule is C=N/C(=C\N=C/C)c1nnc(SCCCN2C[C@H]3CCN(c4ccc(C(F)(F)F)cc4)[C@H]3C2)n1C. The highest BCUT2D eigenvalue weighted by Gasteiger charge is 2.41. The van der Waals surface area contributed by atoms with Gasteiger partial charge in [-0.15, -0.1) is 10.2 Å². The Kier molecular flexibility index (Phi) is 7.95. The smallest absolute Gasteiger partial charge is 0.367 e. The molecule has 0 saturated carbocycles. The molecule has 1 aromatic heterocycles. The lowest BCUT2D eigenvalue weighted by Crippen LogP contribution is -2.35. The Balaban J connectivity index is 1.27. The van der Waals surface area contributed by atoms with Gasteiger partial charge < -0.3 is 14.4 Å².